The van der Waals surface area contributed by atoms with Gasteiger partial charge in [0, 0.05) is 25.3 Å². The molecule has 0 radical (unpaired) electrons. The first kappa shape index (κ1) is 15.5. The maximum Gasteiger partial charge on any atom is 0.122 e. The topological polar surface area (TPSA) is 37.6 Å². The average molecular weight is 280 g/mol. The first-order valence-corrected chi connectivity index (χ1v) is 7.81. The monoisotopic (exact) mass is 280 g/mol. The van der Waals surface area contributed by atoms with Gasteiger partial charge in [-0.3, -0.25) is 4.90 Å². The molecule has 0 bridgehead atoms. The quantitative estimate of drug-likeness (QED) is 0.632. The highest BCUT2D eigenvalue weighted by Crippen LogP contribution is 2.28. The molecule has 20 heavy (non-hydrogen) atoms. The fourth-order valence-corrected chi connectivity index (χ4v) is 2.14. The fourth-order valence-electron chi connectivity index (χ4n) is 2.14. The maximum absolute atomic E-state index is 5.67. The molecular weight excluding hydrogens is 252 g/mol. The molecule has 1 saturated carbocycles. The van der Waals surface area contributed by atoms with Gasteiger partial charge in [-0.25, -0.2) is 0 Å². The van der Waals surface area contributed by atoms with Crippen molar-refractivity contribution < 1.29 is 9.15 Å². The van der Waals surface area contributed by atoms with Crippen LogP contribution >= 0.6 is 0 Å². The molecule has 1 N–H and O–H groups in total. The van der Waals surface area contributed by atoms with E-state index in [9.17, 15) is 0 Å². The minimum atomic E-state index is 0.817. The highest BCUT2D eigenvalue weighted by molar-refractivity contribution is 5.16. The smallest absolute Gasteiger partial charge is 0.122 e. The summed E-state index contributed by atoms with van der Waals surface area (Å²) in [5, 5.41) is 3.42. The third kappa shape index (κ3) is 5.65. The van der Waals surface area contributed by atoms with E-state index in [0.29, 0.717) is 0 Å². The second-order valence-electron chi connectivity index (χ2n) is 5.80. The number of rotatable bonds is 11. The average Bonchev–Trinajstić information content (AvgIpc) is 3.16. The van der Waals surface area contributed by atoms with E-state index in [-0.39, 0.29) is 0 Å². The predicted octanol–water partition coefficient (Wildman–Crippen LogP) is 2.64. The number of nitrogens with one attached hydrogen (secondary N) is 1. The number of ether oxygens (including phenoxy) is 1. The van der Waals surface area contributed by atoms with Crippen LogP contribution < -0.4 is 5.32 Å². The Kier molecular flexibility index (Phi) is 6.57. The SMILES string of the molecule is CCCNCc1ccoc1CN(C)CCOCC1CC1. The van der Waals surface area contributed by atoms with E-state index in [1.807, 2.05) is 0 Å². The van der Waals surface area contributed by atoms with Gasteiger partial charge in [0.15, 0.2) is 0 Å². The Bertz CT molecular complexity index is 374. The largest absolute Gasteiger partial charge is 0.468 e. The molecule has 0 aliphatic heterocycles. The van der Waals surface area contributed by atoms with Gasteiger partial charge < -0.3 is 14.5 Å². The Morgan fingerprint density at radius 2 is 2.30 bits per heavy atom. The molecule has 1 aromatic heterocycles. The summed E-state index contributed by atoms with van der Waals surface area (Å²) in [6, 6.07) is 2.06. The van der Waals surface area contributed by atoms with Crippen molar-refractivity contribution in [3.63, 3.8) is 0 Å². The van der Waals surface area contributed by atoms with E-state index in [1.54, 1.807) is 6.26 Å². The van der Waals surface area contributed by atoms with E-state index in [0.717, 1.165) is 57.5 Å². The molecule has 2 rings (SSSR count). The van der Waals surface area contributed by atoms with Crippen LogP contribution in [-0.4, -0.2) is 38.3 Å². The summed E-state index contributed by atoms with van der Waals surface area (Å²) in [4.78, 5) is 2.26. The van der Waals surface area contributed by atoms with Gasteiger partial charge in [0.2, 0.25) is 0 Å². The van der Waals surface area contributed by atoms with Crippen LogP contribution in [0.4, 0.5) is 0 Å². The normalized spacial score (nSPS) is 15.2. The van der Waals surface area contributed by atoms with Crippen LogP contribution in [0.2, 0.25) is 0 Å². The van der Waals surface area contributed by atoms with Crippen molar-refractivity contribution >= 4 is 0 Å². The van der Waals surface area contributed by atoms with E-state index >= 15 is 0 Å². The lowest BCUT2D eigenvalue weighted by Crippen LogP contribution is -2.24. The molecule has 1 heterocycles. The van der Waals surface area contributed by atoms with Crippen molar-refractivity contribution in [2.45, 2.75) is 39.3 Å². The van der Waals surface area contributed by atoms with Gasteiger partial charge in [0.25, 0.3) is 0 Å². The van der Waals surface area contributed by atoms with Crippen molar-refractivity contribution in [1.82, 2.24) is 10.2 Å². The zero-order chi connectivity index (χ0) is 14.2. The Balaban J connectivity index is 1.64. The molecule has 1 aliphatic rings. The van der Waals surface area contributed by atoms with Crippen molar-refractivity contribution in [1.29, 1.82) is 0 Å². The molecular formula is C16H28N2O2. The van der Waals surface area contributed by atoms with Crippen LogP contribution in [0.5, 0.6) is 0 Å². The molecule has 0 spiro atoms. The molecule has 0 amide bonds. The van der Waals surface area contributed by atoms with Crippen LogP contribution in [0.3, 0.4) is 0 Å². The van der Waals surface area contributed by atoms with E-state index in [4.69, 9.17) is 9.15 Å². The number of hydrogen-bond acceptors (Lipinski definition) is 4. The van der Waals surface area contributed by atoms with Gasteiger partial charge in [0.05, 0.1) is 19.4 Å². The van der Waals surface area contributed by atoms with Gasteiger partial charge >= 0.3 is 0 Å². The van der Waals surface area contributed by atoms with Crippen molar-refractivity contribution in [2.24, 2.45) is 5.92 Å². The lowest BCUT2D eigenvalue weighted by Gasteiger charge is -2.16. The number of furan rings is 1. The Hall–Kier alpha value is -0.840. The molecule has 4 nitrogen and oxygen atoms in total. The summed E-state index contributed by atoms with van der Waals surface area (Å²) in [7, 11) is 2.12. The van der Waals surface area contributed by atoms with Crippen molar-refractivity contribution in [3.8, 4) is 0 Å². The molecule has 0 atom stereocenters. The summed E-state index contributed by atoms with van der Waals surface area (Å²) < 4.78 is 11.3. The maximum atomic E-state index is 5.67. The minimum absolute atomic E-state index is 0.817. The van der Waals surface area contributed by atoms with Crippen LogP contribution in [0.25, 0.3) is 0 Å². The third-order valence-electron chi connectivity index (χ3n) is 3.66. The molecule has 1 aliphatic carbocycles. The number of nitrogens with zero attached hydrogens (tertiary/aromatic N) is 1. The molecule has 0 aromatic carbocycles. The molecule has 114 valence electrons. The highest BCUT2D eigenvalue weighted by atomic mass is 16.5. The highest BCUT2D eigenvalue weighted by Gasteiger charge is 2.21. The van der Waals surface area contributed by atoms with Crippen molar-refractivity contribution in [2.75, 3.05) is 33.4 Å². The number of hydrogen-bond donors (Lipinski definition) is 1. The zero-order valence-electron chi connectivity index (χ0n) is 12.9. The third-order valence-corrected chi connectivity index (χ3v) is 3.66. The van der Waals surface area contributed by atoms with Gasteiger partial charge in [-0.1, -0.05) is 6.92 Å². The summed E-state index contributed by atoms with van der Waals surface area (Å²) in [5.41, 5.74) is 1.27. The molecule has 0 unspecified atom stereocenters. The molecule has 1 fully saturated rings. The first-order valence-electron chi connectivity index (χ1n) is 7.81. The van der Waals surface area contributed by atoms with Crippen LogP contribution in [0.1, 0.15) is 37.5 Å². The predicted molar refractivity (Wildman–Crippen MR) is 80.6 cm³/mol. The second-order valence-corrected chi connectivity index (χ2v) is 5.80. The van der Waals surface area contributed by atoms with Gasteiger partial charge in [-0.2, -0.15) is 0 Å². The standard InChI is InChI=1S/C16H28N2O2/c1-3-7-17-11-15-6-9-20-16(15)12-18(2)8-10-19-13-14-4-5-14/h6,9,14,17H,3-5,7-8,10-13H2,1-2H3. The van der Waals surface area contributed by atoms with Crippen LogP contribution in [0, 0.1) is 5.92 Å². The fraction of sp³-hybridized carbons (Fsp3) is 0.750. The second kappa shape index (κ2) is 8.45. The summed E-state index contributed by atoms with van der Waals surface area (Å²) >= 11 is 0. The summed E-state index contributed by atoms with van der Waals surface area (Å²) in [6.45, 7) is 7.69. The lowest BCUT2D eigenvalue weighted by atomic mass is 10.2. The summed E-state index contributed by atoms with van der Waals surface area (Å²) in [5.74, 6) is 1.92. The molecule has 4 heteroatoms. The Morgan fingerprint density at radius 1 is 1.45 bits per heavy atom. The van der Waals surface area contributed by atoms with Crippen molar-refractivity contribution in [3.05, 3.63) is 23.7 Å². The van der Waals surface area contributed by atoms with Gasteiger partial charge in [0.1, 0.15) is 5.76 Å². The first-order chi connectivity index (χ1) is 9.79. The summed E-state index contributed by atoms with van der Waals surface area (Å²) in [6.07, 6.45) is 5.66. The minimum Gasteiger partial charge on any atom is -0.468 e. The Morgan fingerprint density at radius 3 is 3.05 bits per heavy atom. The van der Waals surface area contributed by atoms with Gasteiger partial charge in [-0.15, -0.1) is 0 Å². The Labute approximate surface area is 122 Å². The number of likely N-dealkylation sites (N-methyl/N-ethyl adjacent to an activating group) is 1. The lowest BCUT2D eigenvalue weighted by molar-refractivity contribution is 0.0999. The molecule has 0 saturated heterocycles. The van der Waals surface area contributed by atoms with Crippen LogP contribution in [-0.2, 0) is 17.8 Å². The van der Waals surface area contributed by atoms with E-state index < -0.39 is 0 Å². The zero-order valence-corrected chi connectivity index (χ0v) is 12.9. The van der Waals surface area contributed by atoms with Crippen LogP contribution in [0.15, 0.2) is 16.7 Å². The van der Waals surface area contributed by atoms with E-state index in [1.165, 1.54) is 18.4 Å². The van der Waals surface area contributed by atoms with Gasteiger partial charge in [-0.05, 0) is 44.8 Å². The molecule has 1 aromatic rings. The van der Waals surface area contributed by atoms with E-state index in [2.05, 4.69) is 30.3 Å².